The van der Waals surface area contributed by atoms with Gasteiger partial charge in [-0.3, -0.25) is 19.2 Å². The Bertz CT molecular complexity index is 762. The Morgan fingerprint density at radius 3 is 2.46 bits per heavy atom. The predicted molar refractivity (Wildman–Crippen MR) is 105 cm³/mol. The van der Waals surface area contributed by atoms with Gasteiger partial charge < -0.3 is 21.3 Å². The van der Waals surface area contributed by atoms with E-state index in [-0.39, 0.29) is 36.6 Å². The van der Waals surface area contributed by atoms with Crippen LogP contribution in [0, 0.1) is 5.92 Å². The molecular formula is C20H28N4O4. The first-order valence-corrected chi connectivity index (χ1v) is 9.44. The Kier molecular flexibility index (Phi) is 7.14. The summed E-state index contributed by atoms with van der Waals surface area (Å²) in [7, 11) is 0. The van der Waals surface area contributed by atoms with Crippen LogP contribution in [0.1, 0.15) is 51.6 Å². The molecule has 0 aromatic heterocycles. The Balaban J connectivity index is 2.16. The zero-order valence-corrected chi connectivity index (χ0v) is 16.5. The number of nitrogens with two attached hydrogens (primary N) is 1. The highest BCUT2D eigenvalue weighted by molar-refractivity contribution is 5.94. The maximum absolute atomic E-state index is 12.8. The van der Waals surface area contributed by atoms with Gasteiger partial charge in [-0.05, 0) is 24.0 Å². The van der Waals surface area contributed by atoms with Gasteiger partial charge in [-0.25, -0.2) is 0 Å². The third kappa shape index (κ3) is 5.55. The highest BCUT2D eigenvalue weighted by atomic mass is 16.2. The molecular weight excluding hydrogens is 360 g/mol. The molecule has 0 spiro atoms. The summed E-state index contributed by atoms with van der Waals surface area (Å²) in [5, 5.41) is 5.50. The van der Waals surface area contributed by atoms with Crippen LogP contribution in [0.25, 0.3) is 0 Å². The predicted octanol–water partition coefficient (Wildman–Crippen LogP) is 1.01. The van der Waals surface area contributed by atoms with Crippen LogP contribution >= 0.6 is 0 Å². The van der Waals surface area contributed by atoms with Gasteiger partial charge in [-0.2, -0.15) is 0 Å². The Morgan fingerprint density at radius 1 is 1.18 bits per heavy atom. The molecule has 8 heteroatoms. The number of benzene rings is 1. The molecule has 1 aliphatic heterocycles. The number of fused-ring (bicyclic) bond motifs is 1. The van der Waals surface area contributed by atoms with Crippen LogP contribution in [0.4, 0.5) is 5.69 Å². The second kappa shape index (κ2) is 9.34. The number of amides is 4. The molecule has 0 bridgehead atoms. The first-order valence-electron chi connectivity index (χ1n) is 9.44. The van der Waals surface area contributed by atoms with Crippen molar-refractivity contribution in [1.82, 2.24) is 10.6 Å². The molecule has 1 aromatic carbocycles. The molecule has 4 N–H and O–H groups in total. The van der Waals surface area contributed by atoms with Crippen molar-refractivity contribution in [3.05, 3.63) is 29.8 Å². The number of hydrogen-bond donors (Lipinski definition) is 3. The molecule has 1 aliphatic rings. The minimum atomic E-state index is -1.03. The Morgan fingerprint density at radius 2 is 1.86 bits per heavy atom. The summed E-state index contributed by atoms with van der Waals surface area (Å²) in [6, 6.07) is 6.02. The largest absolute Gasteiger partial charge is 0.370 e. The molecule has 28 heavy (non-hydrogen) atoms. The molecule has 1 aromatic rings. The number of nitrogens with zero attached hydrogens (tertiary/aromatic N) is 1. The number of para-hydroxylation sites is 1. The molecule has 0 saturated carbocycles. The fourth-order valence-electron chi connectivity index (χ4n) is 3.35. The quantitative estimate of drug-likeness (QED) is 0.645. The van der Waals surface area contributed by atoms with E-state index in [1.165, 1.54) is 6.92 Å². The third-order valence-electron chi connectivity index (χ3n) is 4.59. The topological polar surface area (TPSA) is 122 Å². The van der Waals surface area contributed by atoms with Gasteiger partial charge in [0.15, 0.2) is 0 Å². The number of primary amides is 1. The maximum atomic E-state index is 12.8. The van der Waals surface area contributed by atoms with Gasteiger partial charge in [0.1, 0.15) is 6.04 Å². The summed E-state index contributed by atoms with van der Waals surface area (Å²) in [5.41, 5.74) is 6.83. The lowest BCUT2D eigenvalue weighted by atomic mass is 9.95. The first-order chi connectivity index (χ1) is 13.2. The molecule has 1 heterocycles. The van der Waals surface area contributed by atoms with Crippen LogP contribution in [0.5, 0.6) is 0 Å². The van der Waals surface area contributed by atoms with E-state index in [9.17, 15) is 19.2 Å². The number of carbonyl (C=O) groups is 4. The van der Waals surface area contributed by atoms with Crippen molar-refractivity contribution < 1.29 is 19.2 Å². The minimum Gasteiger partial charge on any atom is -0.370 e. The van der Waals surface area contributed by atoms with Crippen LogP contribution in [-0.4, -0.2) is 36.2 Å². The smallest absolute Gasteiger partial charge is 0.243 e. The summed E-state index contributed by atoms with van der Waals surface area (Å²) in [6.45, 7) is 5.76. The number of rotatable bonds is 7. The number of hydrogen-bond acceptors (Lipinski definition) is 4. The van der Waals surface area contributed by atoms with Gasteiger partial charge in [-0.15, -0.1) is 0 Å². The fourth-order valence-corrected chi connectivity index (χ4v) is 3.35. The van der Waals surface area contributed by atoms with Gasteiger partial charge in [0.2, 0.25) is 23.6 Å². The standard InChI is InChI=1S/C20H28N4O4/c1-12(2)10-19(27)22-16(11-18(21)26)20(28)23-15-8-9-24(13(3)25)17-7-5-4-6-14(15)17/h4-7,12,15-16H,8-11H2,1-3H3,(H2,21,26)(H,22,27)(H,23,28). The van der Waals surface area contributed by atoms with Crippen molar-refractivity contribution in [2.75, 3.05) is 11.4 Å². The number of carbonyl (C=O) groups excluding carboxylic acids is 4. The van der Waals surface area contributed by atoms with E-state index >= 15 is 0 Å². The molecule has 0 saturated heterocycles. The highest BCUT2D eigenvalue weighted by Crippen LogP contribution is 2.33. The van der Waals surface area contributed by atoms with E-state index in [2.05, 4.69) is 10.6 Å². The van der Waals surface area contributed by atoms with Crippen molar-refractivity contribution in [1.29, 1.82) is 0 Å². The molecule has 2 rings (SSSR count). The average molecular weight is 388 g/mol. The minimum absolute atomic E-state index is 0.0650. The summed E-state index contributed by atoms with van der Waals surface area (Å²) in [5.74, 6) is -1.38. The molecule has 8 nitrogen and oxygen atoms in total. The van der Waals surface area contributed by atoms with Crippen LogP contribution < -0.4 is 21.3 Å². The molecule has 2 atom stereocenters. The highest BCUT2D eigenvalue weighted by Gasteiger charge is 2.31. The second-order valence-corrected chi connectivity index (χ2v) is 7.47. The van der Waals surface area contributed by atoms with E-state index in [0.29, 0.717) is 13.0 Å². The number of nitrogens with one attached hydrogen (secondary N) is 2. The van der Waals surface area contributed by atoms with Gasteiger partial charge in [-0.1, -0.05) is 32.0 Å². The van der Waals surface area contributed by atoms with Gasteiger partial charge in [0.05, 0.1) is 12.5 Å². The van der Waals surface area contributed by atoms with Crippen LogP contribution in [0.15, 0.2) is 24.3 Å². The third-order valence-corrected chi connectivity index (χ3v) is 4.59. The van der Waals surface area contributed by atoms with Crippen molar-refractivity contribution in [3.63, 3.8) is 0 Å². The molecule has 0 aliphatic carbocycles. The number of anilines is 1. The van der Waals surface area contributed by atoms with Gasteiger partial charge in [0.25, 0.3) is 0 Å². The SMILES string of the molecule is CC(=O)N1CCC(NC(=O)C(CC(N)=O)NC(=O)CC(C)C)c2ccccc21. The summed E-state index contributed by atoms with van der Waals surface area (Å²) in [6.07, 6.45) is 0.511. The maximum Gasteiger partial charge on any atom is 0.243 e. The zero-order valence-electron chi connectivity index (χ0n) is 16.5. The fraction of sp³-hybridized carbons (Fsp3) is 0.500. The van der Waals surface area contributed by atoms with E-state index in [0.717, 1.165) is 11.3 Å². The lowest BCUT2D eigenvalue weighted by Crippen LogP contribution is -2.50. The Labute approximate surface area is 164 Å². The van der Waals surface area contributed by atoms with Crippen molar-refractivity contribution in [3.8, 4) is 0 Å². The van der Waals surface area contributed by atoms with Gasteiger partial charge in [0, 0.05) is 25.6 Å². The van der Waals surface area contributed by atoms with Crippen LogP contribution in [0.3, 0.4) is 0 Å². The zero-order chi connectivity index (χ0) is 20.8. The normalized spacial score (nSPS) is 16.9. The molecule has 0 fully saturated rings. The summed E-state index contributed by atoms with van der Waals surface area (Å²) in [4.78, 5) is 49.8. The molecule has 0 radical (unpaired) electrons. The first kappa shape index (κ1) is 21.4. The van der Waals surface area contributed by atoms with Crippen molar-refractivity contribution >= 4 is 29.3 Å². The second-order valence-electron chi connectivity index (χ2n) is 7.47. The molecule has 2 unspecified atom stereocenters. The van der Waals surface area contributed by atoms with Crippen molar-refractivity contribution in [2.45, 2.75) is 52.1 Å². The lowest BCUT2D eigenvalue weighted by molar-refractivity contribution is -0.132. The monoisotopic (exact) mass is 388 g/mol. The van der Waals surface area contributed by atoms with E-state index < -0.39 is 17.9 Å². The van der Waals surface area contributed by atoms with Crippen LogP contribution in [-0.2, 0) is 19.2 Å². The van der Waals surface area contributed by atoms with E-state index in [1.54, 1.807) is 4.90 Å². The molecule has 4 amide bonds. The summed E-state index contributed by atoms with van der Waals surface area (Å²) < 4.78 is 0. The van der Waals surface area contributed by atoms with Crippen LogP contribution in [0.2, 0.25) is 0 Å². The van der Waals surface area contributed by atoms with Crippen molar-refractivity contribution in [2.24, 2.45) is 11.7 Å². The van der Waals surface area contributed by atoms with E-state index in [4.69, 9.17) is 5.73 Å². The lowest BCUT2D eigenvalue weighted by Gasteiger charge is -2.34. The summed E-state index contributed by atoms with van der Waals surface area (Å²) >= 11 is 0. The van der Waals surface area contributed by atoms with Gasteiger partial charge >= 0.3 is 0 Å². The van der Waals surface area contributed by atoms with E-state index in [1.807, 2.05) is 38.1 Å². The average Bonchev–Trinajstić information content (AvgIpc) is 2.60. The molecule has 152 valence electrons. The Hall–Kier alpha value is -2.90.